The first-order chi connectivity index (χ1) is 15.5. The van der Waals surface area contributed by atoms with Gasteiger partial charge < -0.3 is 14.2 Å². The molecule has 8 heteroatoms. The third-order valence-electron chi connectivity index (χ3n) is 6.45. The summed E-state index contributed by atoms with van der Waals surface area (Å²) in [5.41, 5.74) is 3.41. The fourth-order valence-corrected chi connectivity index (χ4v) is 4.65. The van der Waals surface area contributed by atoms with Gasteiger partial charge in [0.05, 0.1) is 12.8 Å². The SMILES string of the molecule is COc1cccn2c(=O)c(CCN3CCC(c4noc5cc(F)ccc45)CC3)c(C)nc12. The third kappa shape index (κ3) is 3.64. The quantitative estimate of drug-likeness (QED) is 0.475. The molecule has 5 rings (SSSR count). The Balaban J connectivity index is 1.27. The van der Waals surface area contributed by atoms with E-state index < -0.39 is 0 Å². The maximum atomic E-state index is 13.4. The van der Waals surface area contributed by atoms with Gasteiger partial charge >= 0.3 is 0 Å². The van der Waals surface area contributed by atoms with Crippen LogP contribution in [0.15, 0.2) is 45.8 Å². The summed E-state index contributed by atoms with van der Waals surface area (Å²) >= 11 is 0. The second kappa shape index (κ2) is 8.35. The number of rotatable bonds is 5. The molecule has 0 amide bonds. The number of hydrogen-bond acceptors (Lipinski definition) is 6. The predicted octanol–water partition coefficient (Wildman–Crippen LogP) is 3.71. The van der Waals surface area contributed by atoms with Crippen LogP contribution >= 0.6 is 0 Å². The number of nitrogens with zero attached hydrogens (tertiary/aromatic N) is 4. The second-order valence-electron chi connectivity index (χ2n) is 8.33. The minimum atomic E-state index is -0.317. The highest BCUT2D eigenvalue weighted by Gasteiger charge is 2.25. The van der Waals surface area contributed by atoms with Crippen molar-refractivity contribution in [2.75, 3.05) is 26.7 Å². The summed E-state index contributed by atoms with van der Waals surface area (Å²) in [6, 6.07) is 8.18. The minimum Gasteiger partial charge on any atom is -0.493 e. The summed E-state index contributed by atoms with van der Waals surface area (Å²) in [5.74, 6) is 0.562. The molecule has 166 valence electrons. The maximum absolute atomic E-state index is 13.4. The van der Waals surface area contributed by atoms with Crippen molar-refractivity contribution in [1.29, 1.82) is 0 Å². The first kappa shape index (κ1) is 20.6. The lowest BCUT2D eigenvalue weighted by Crippen LogP contribution is -2.35. The summed E-state index contributed by atoms with van der Waals surface area (Å²) < 4.78 is 25.7. The Morgan fingerprint density at radius 3 is 2.84 bits per heavy atom. The van der Waals surface area contributed by atoms with Gasteiger partial charge in [0.1, 0.15) is 5.82 Å². The van der Waals surface area contributed by atoms with E-state index in [9.17, 15) is 9.18 Å². The fourth-order valence-electron chi connectivity index (χ4n) is 4.65. The summed E-state index contributed by atoms with van der Waals surface area (Å²) in [7, 11) is 1.58. The van der Waals surface area contributed by atoms with Crippen LogP contribution in [-0.4, -0.2) is 46.2 Å². The normalized spacial score (nSPS) is 15.6. The van der Waals surface area contributed by atoms with Crippen LogP contribution in [0.2, 0.25) is 0 Å². The van der Waals surface area contributed by atoms with Crippen molar-refractivity contribution in [2.24, 2.45) is 0 Å². The van der Waals surface area contributed by atoms with Gasteiger partial charge in [-0.15, -0.1) is 0 Å². The Morgan fingerprint density at radius 2 is 2.06 bits per heavy atom. The van der Waals surface area contributed by atoms with E-state index in [4.69, 9.17) is 9.26 Å². The number of ether oxygens (including phenoxy) is 1. The lowest BCUT2D eigenvalue weighted by Gasteiger charge is -2.31. The summed E-state index contributed by atoms with van der Waals surface area (Å²) in [6.07, 6.45) is 4.28. The number of pyridine rings is 1. The molecule has 7 nitrogen and oxygen atoms in total. The average molecular weight is 436 g/mol. The van der Waals surface area contributed by atoms with Crippen LogP contribution in [0.1, 0.15) is 35.7 Å². The molecule has 0 aliphatic carbocycles. The minimum absolute atomic E-state index is 0.0393. The molecule has 0 atom stereocenters. The highest BCUT2D eigenvalue weighted by molar-refractivity contribution is 5.79. The summed E-state index contributed by atoms with van der Waals surface area (Å²) in [5, 5.41) is 5.12. The van der Waals surface area contributed by atoms with Crippen LogP contribution in [0.4, 0.5) is 4.39 Å². The van der Waals surface area contributed by atoms with Crippen LogP contribution < -0.4 is 10.3 Å². The number of likely N-dealkylation sites (tertiary alicyclic amines) is 1. The molecule has 4 heterocycles. The van der Waals surface area contributed by atoms with Gasteiger partial charge in [0, 0.05) is 41.4 Å². The molecule has 0 unspecified atom stereocenters. The first-order valence-corrected chi connectivity index (χ1v) is 10.9. The van der Waals surface area contributed by atoms with Crippen molar-refractivity contribution in [3.05, 3.63) is 69.7 Å². The standard InChI is InChI=1S/C24H25FN4O3/c1-15-18(24(30)29-10-3-4-20(31-2)23(29)26-15)9-13-28-11-7-16(8-12-28)22-19-6-5-17(25)14-21(19)32-27-22/h3-6,10,14,16H,7-9,11-13H2,1-2H3. The Labute approximate surface area is 184 Å². The zero-order valence-electron chi connectivity index (χ0n) is 18.2. The molecule has 1 saturated heterocycles. The molecule has 1 fully saturated rings. The molecule has 32 heavy (non-hydrogen) atoms. The van der Waals surface area contributed by atoms with Gasteiger partial charge in [-0.2, -0.15) is 0 Å². The highest BCUT2D eigenvalue weighted by atomic mass is 19.1. The van der Waals surface area contributed by atoms with E-state index in [0.717, 1.165) is 54.8 Å². The lowest BCUT2D eigenvalue weighted by atomic mass is 9.91. The van der Waals surface area contributed by atoms with E-state index in [-0.39, 0.29) is 11.4 Å². The monoisotopic (exact) mass is 436 g/mol. The second-order valence-corrected chi connectivity index (χ2v) is 8.33. The Hall–Kier alpha value is -3.26. The average Bonchev–Trinajstić information content (AvgIpc) is 3.22. The van der Waals surface area contributed by atoms with Crippen molar-refractivity contribution in [3.63, 3.8) is 0 Å². The van der Waals surface area contributed by atoms with Crippen LogP contribution in [0.5, 0.6) is 5.75 Å². The van der Waals surface area contributed by atoms with Crippen LogP contribution in [0.3, 0.4) is 0 Å². The van der Waals surface area contributed by atoms with Crippen molar-refractivity contribution in [2.45, 2.75) is 32.1 Å². The third-order valence-corrected chi connectivity index (χ3v) is 6.45. The van der Waals surface area contributed by atoms with E-state index in [0.29, 0.717) is 29.3 Å². The summed E-state index contributed by atoms with van der Waals surface area (Å²) in [4.78, 5) is 20.0. The molecule has 1 aromatic carbocycles. The zero-order chi connectivity index (χ0) is 22.2. The van der Waals surface area contributed by atoms with Gasteiger partial charge in [0.2, 0.25) is 0 Å². The molecule has 1 aliphatic rings. The van der Waals surface area contributed by atoms with E-state index in [2.05, 4.69) is 15.0 Å². The van der Waals surface area contributed by atoms with Crippen molar-refractivity contribution in [1.82, 2.24) is 19.4 Å². The van der Waals surface area contributed by atoms with Gasteiger partial charge in [-0.25, -0.2) is 9.37 Å². The number of aromatic nitrogens is 3. The van der Waals surface area contributed by atoms with Crippen molar-refractivity contribution < 1.29 is 13.7 Å². The molecule has 0 spiro atoms. The molecule has 1 aliphatic heterocycles. The van der Waals surface area contributed by atoms with Gasteiger partial charge in [-0.05, 0) is 63.5 Å². The maximum Gasteiger partial charge on any atom is 0.261 e. The zero-order valence-corrected chi connectivity index (χ0v) is 18.2. The number of benzene rings is 1. The molecule has 0 N–H and O–H groups in total. The number of fused-ring (bicyclic) bond motifs is 2. The van der Waals surface area contributed by atoms with Gasteiger partial charge in [-0.3, -0.25) is 9.20 Å². The molecule has 0 radical (unpaired) electrons. The van der Waals surface area contributed by atoms with E-state index in [1.165, 1.54) is 12.1 Å². The van der Waals surface area contributed by atoms with Gasteiger partial charge in [0.25, 0.3) is 5.56 Å². The smallest absolute Gasteiger partial charge is 0.261 e. The largest absolute Gasteiger partial charge is 0.493 e. The van der Waals surface area contributed by atoms with Crippen molar-refractivity contribution in [3.8, 4) is 5.75 Å². The molecule has 0 saturated carbocycles. The Bertz CT molecular complexity index is 1340. The number of hydrogen-bond donors (Lipinski definition) is 0. The lowest BCUT2D eigenvalue weighted by molar-refractivity contribution is 0.211. The number of halogens is 1. The topological polar surface area (TPSA) is 72.9 Å². The van der Waals surface area contributed by atoms with E-state index in [1.54, 1.807) is 35.9 Å². The predicted molar refractivity (Wildman–Crippen MR) is 119 cm³/mol. The van der Waals surface area contributed by atoms with Crippen LogP contribution in [0.25, 0.3) is 16.6 Å². The van der Waals surface area contributed by atoms with Gasteiger partial charge in [-0.1, -0.05) is 5.16 Å². The highest BCUT2D eigenvalue weighted by Crippen LogP contribution is 2.32. The van der Waals surface area contributed by atoms with Crippen LogP contribution in [0, 0.1) is 12.7 Å². The number of methoxy groups -OCH3 is 1. The molecule has 0 bridgehead atoms. The number of aryl methyl sites for hydroxylation is 1. The summed E-state index contributed by atoms with van der Waals surface area (Å²) in [6.45, 7) is 4.50. The van der Waals surface area contributed by atoms with Gasteiger partial charge in [0.15, 0.2) is 17.0 Å². The number of piperidine rings is 1. The molecule has 3 aromatic heterocycles. The molecule has 4 aromatic rings. The molecular weight excluding hydrogens is 411 g/mol. The van der Waals surface area contributed by atoms with E-state index in [1.807, 2.05) is 6.92 Å². The Morgan fingerprint density at radius 1 is 1.25 bits per heavy atom. The van der Waals surface area contributed by atoms with Crippen LogP contribution in [-0.2, 0) is 6.42 Å². The van der Waals surface area contributed by atoms with Crippen molar-refractivity contribution >= 4 is 16.6 Å². The van der Waals surface area contributed by atoms with E-state index >= 15 is 0 Å². The Kier molecular flexibility index (Phi) is 5.38. The first-order valence-electron chi connectivity index (χ1n) is 10.9. The molecular formula is C24H25FN4O3. The fraction of sp³-hybridized carbons (Fsp3) is 0.375.